The summed E-state index contributed by atoms with van der Waals surface area (Å²) in [6, 6.07) is 14.8. The molecule has 24 heavy (non-hydrogen) atoms. The molecule has 0 aliphatic rings. The van der Waals surface area contributed by atoms with Crippen molar-refractivity contribution in [2.75, 3.05) is 17.3 Å². The summed E-state index contributed by atoms with van der Waals surface area (Å²) in [4.78, 5) is 13.6. The number of carbonyl (C=O) groups excluding carboxylic acids is 1. The number of para-hydroxylation sites is 1. The number of benzene rings is 2. The maximum Gasteiger partial charge on any atom is 0.234 e. The van der Waals surface area contributed by atoms with E-state index in [1.165, 1.54) is 21.6 Å². The highest BCUT2D eigenvalue weighted by molar-refractivity contribution is 7.99. The van der Waals surface area contributed by atoms with E-state index in [1.807, 2.05) is 0 Å². The van der Waals surface area contributed by atoms with Crippen molar-refractivity contribution in [1.82, 2.24) is 0 Å². The molecule has 0 fully saturated rings. The topological polar surface area (TPSA) is 29.1 Å². The average Bonchev–Trinajstić information content (AvgIpc) is 2.62. The van der Waals surface area contributed by atoms with Crippen LogP contribution in [-0.2, 0) is 23.4 Å². The van der Waals surface area contributed by atoms with Gasteiger partial charge in [-0.05, 0) is 47.9 Å². The van der Waals surface area contributed by atoms with E-state index >= 15 is 0 Å². The average molecular weight is 360 g/mol. The number of rotatable bonds is 8. The number of amides is 1. The third-order valence-electron chi connectivity index (χ3n) is 3.92. The second-order valence-electron chi connectivity index (χ2n) is 5.55. The standard InChI is InChI=1S/C20H25NOS2/c1-4-16-7-6-8-17(5-2)20(16)21-19(22)14-24-13-15-9-11-18(23-3)12-10-15/h6-12H,4-5,13-14H2,1-3H3,(H,21,22). The van der Waals surface area contributed by atoms with Crippen LogP contribution in [0.25, 0.3) is 0 Å². The molecule has 0 aromatic heterocycles. The van der Waals surface area contributed by atoms with E-state index in [9.17, 15) is 4.79 Å². The van der Waals surface area contributed by atoms with Gasteiger partial charge in [0.1, 0.15) is 0 Å². The van der Waals surface area contributed by atoms with E-state index in [4.69, 9.17) is 0 Å². The van der Waals surface area contributed by atoms with Gasteiger partial charge in [-0.25, -0.2) is 0 Å². The lowest BCUT2D eigenvalue weighted by atomic mass is 10.0. The van der Waals surface area contributed by atoms with E-state index < -0.39 is 0 Å². The summed E-state index contributed by atoms with van der Waals surface area (Å²) in [5.41, 5.74) is 4.69. The van der Waals surface area contributed by atoms with Crippen molar-refractivity contribution in [3.05, 3.63) is 59.2 Å². The number of hydrogen-bond acceptors (Lipinski definition) is 3. The number of anilines is 1. The van der Waals surface area contributed by atoms with Gasteiger partial charge in [0, 0.05) is 16.3 Å². The Kier molecular flexibility index (Phi) is 7.73. The molecule has 128 valence electrons. The highest BCUT2D eigenvalue weighted by Gasteiger charge is 2.10. The molecule has 0 spiro atoms. The monoisotopic (exact) mass is 359 g/mol. The highest BCUT2D eigenvalue weighted by Crippen LogP contribution is 2.23. The molecule has 2 rings (SSSR count). The molecule has 0 heterocycles. The third-order valence-corrected chi connectivity index (χ3v) is 5.67. The summed E-state index contributed by atoms with van der Waals surface area (Å²) in [6.45, 7) is 4.24. The molecule has 0 radical (unpaired) electrons. The lowest BCUT2D eigenvalue weighted by molar-refractivity contribution is -0.113. The van der Waals surface area contributed by atoms with Crippen molar-refractivity contribution in [2.24, 2.45) is 0 Å². The van der Waals surface area contributed by atoms with Crippen molar-refractivity contribution in [3.63, 3.8) is 0 Å². The summed E-state index contributed by atoms with van der Waals surface area (Å²) >= 11 is 3.40. The van der Waals surface area contributed by atoms with Crippen molar-refractivity contribution in [3.8, 4) is 0 Å². The number of thioether (sulfide) groups is 2. The lowest BCUT2D eigenvalue weighted by Crippen LogP contribution is -2.16. The Balaban J connectivity index is 1.89. The molecule has 0 aliphatic carbocycles. The predicted octanol–water partition coefficient (Wildman–Crippen LogP) is 5.41. The maximum atomic E-state index is 12.3. The molecule has 0 saturated carbocycles. The molecule has 0 saturated heterocycles. The van der Waals surface area contributed by atoms with E-state index in [1.54, 1.807) is 23.5 Å². The molecule has 1 amide bonds. The van der Waals surface area contributed by atoms with Crippen LogP contribution in [0.4, 0.5) is 5.69 Å². The fourth-order valence-corrected chi connectivity index (χ4v) is 3.76. The Hall–Kier alpha value is -1.39. The minimum absolute atomic E-state index is 0.0799. The Morgan fingerprint density at radius 3 is 2.17 bits per heavy atom. The first-order valence-electron chi connectivity index (χ1n) is 8.29. The van der Waals surface area contributed by atoms with Gasteiger partial charge in [0.15, 0.2) is 0 Å². The molecular formula is C20H25NOS2. The highest BCUT2D eigenvalue weighted by atomic mass is 32.2. The van der Waals surface area contributed by atoms with Crippen LogP contribution >= 0.6 is 23.5 Å². The van der Waals surface area contributed by atoms with Crippen LogP contribution in [-0.4, -0.2) is 17.9 Å². The van der Waals surface area contributed by atoms with Crippen LogP contribution in [0, 0.1) is 0 Å². The second kappa shape index (κ2) is 9.80. The van der Waals surface area contributed by atoms with Gasteiger partial charge >= 0.3 is 0 Å². The quantitative estimate of drug-likeness (QED) is 0.639. The Morgan fingerprint density at radius 1 is 1.00 bits per heavy atom. The Morgan fingerprint density at radius 2 is 1.62 bits per heavy atom. The molecule has 0 unspecified atom stereocenters. The van der Waals surface area contributed by atoms with Gasteiger partial charge in [-0.3, -0.25) is 4.79 Å². The molecular weight excluding hydrogens is 334 g/mol. The van der Waals surface area contributed by atoms with Gasteiger partial charge in [-0.15, -0.1) is 23.5 Å². The summed E-state index contributed by atoms with van der Waals surface area (Å²) in [5, 5.41) is 3.12. The van der Waals surface area contributed by atoms with E-state index in [0.29, 0.717) is 5.75 Å². The summed E-state index contributed by atoms with van der Waals surface area (Å²) in [5.74, 6) is 1.42. The normalized spacial score (nSPS) is 10.6. The minimum atomic E-state index is 0.0799. The predicted molar refractivity (Wildman–Crippen MR) is 108 cm³/mol. The van der Waals surface area contributed by atoms with Gasteiger partial charge in [0.25, 0.3) is 0 Å². The number of carbonyl (C=O) groups is 1. The lowest BCUT2D eigenvalue weighted by Gasteiger charge is -2.14. The molecule has 2 aromatic carbocycles. The fourth-order valence-electron chi connectivity index (χ4n) is 2.56. The van der Waals surface area contributed by atoms with Gasteiger partial charge in [-0.1, -0.05) is 44.2 Å². The first-order valence-corrected chi connectivity index (χ1v) is 10.7. The Labute approximate surface area is 153 Å². The molecule has 2 aromatic rings. The smallest absolute Gasteiger partial charge is 0.234 e. The first kappa shape index (κ1) is 18.9. The SMILES string of the molecule is CCc1cccc(CC)c1NC(=O)CSCc1ccc(SC)cc1. The minimum Gasteiger partial charge on any atom is -0.325 e. The maximum absolute atomic E-state index is 12.3. The molecule has 1 N–H and O–H groups in total. The van der Waals surface area contributed by atoms with Crippen molar-refractivity contribution >= 4 is 35.1 Å². The summed E-state index contributed by atoms with van der Waals surface area (Å²) in [7, 11) is 0. The van der Waals surface area contributed by atoms with Crippen LogP contribution in [0.15, 0.2) is 47.4 Å². The number of aryl methyl sites for hydroxylation is 2. The zero-order valence-electron chi connectivity index (χ0n) is 14.6. The van der Waals surface area contributed by atoms with Gasteiger partial charge in [-0.2, -0.15) is 0 Å². The van der Waals surface area contributed by atoms with Crippen molar-refractivity contribution in [1.29, 1.82) is 0 Å². The summed E-state index contributed by atoms with van der Waals surface area (Å²) in [6.07, 6.45) is 3.93. The zero-order valence-corrected chi connectivity index (χ0v) is 16.2. The van der Waals surface area contributed by atoms with Crippen molar-refractivity contribution < 1.29 is 4.79 Å². The van der Waals surface area contributed by atoms with E-state index in [-0.39, 0.29) is 5.91 Å². The molecule has 0 aliphatic heterocycles. The molecule has 0 bridgehead atoms. The number of hydrogen-bond donors (Lipinski definition) is 1. The van der Waals surface area contributed by atoms with Gasteiger partial charge in [0.2, 0.25) is 5.91 Å². The van der Waals surface area contributed by atoms with Crippen LogP contribution in [0.3, 0.4) is 0 Å². The third kappa shape index (κ3) is 5.32. The van der Waals surface area contributed by atoms with Gasteiger partial charge < -0.3 is 5.32 Å². The zero-order chi connectivity index (χ0) is 17.4. The van der Waals surface area contributed by atoms with Crippen LogP contribution in [0.5, 0.6) is 0 Å². The van der Waals surface area contributed by atoms with Crippen LogP contribution < -0.4 is 5.32 Å². The fraction of sp³-hybridized carbons (Fsp3) is 0.350. The van der Waals surface area contributed by atoms with E-state index in [2.05, 4.69) is 67.9 Å². The largest absolute Gasteiger partial charge is 0.325 e. The van der Waals surface area contributed by atoms with E-state index in [0.717, 1.165) is 24.3 Å². The Bertz CT molecular complexity index is 646. The molecule has 2 nitrogen and oxygen atoms in total. The molecule has 0 atom stereocenters. The van der Waals surface area contributed by atoms with Crippen LogP contribution in [0.1, 0.15) is 30.5 Å². The van der Waals surface area contributed by atoms with Crippen molar-refractivity contribution in [2.45, 2.75) is 37.3 Å². The van der Waals surface area contributed by atoms with Gasteiger partial charge in [0.05, 0.1) is 5.75 Å². The first-order chi connectivity index (χ1) is 11.7. The number of nitrogens with one attached hydrogen (secondary N) is 1. The molecule has 4 heteroatoms. The summed E-state index contributed by atoms with van der Waals surface area (Å²) < 4.78 is 0. The second-order valence-corrected chi connectivity index (χ2v) is 7.41. The van der Waals surface area contributed by atoms with Crippen LogP contribution in [0.2, 0.25) is 0 Å².